The van der Waals surface area contributed by atoms with Crippen LogP contribution in [0.2, 0.25) is 0 Å². The molecule has 2 N–H and O–H groups in total. The number of carbonyl (C=O) groups is 2. The second kappa shape index (κ2) is 5.46. The van der Waals surface area contributed by atoms with Gasteiger partial charge in [0, 0.05) is 19.5 Å². The van der Waals surface area contributed by atoms with E-state index >= 15 is 0 Å². The van der Waals surface area contributed by atoms with Crippen LogP contribution < -0.4 is 5.32 Å². The number of sulfonamides is 1. The summed E-state index contributed by atoms with van der Waals surface area (Å²) >= 11 is 0. The zero-order chi connectivity index (χ0) is 13.1. The number of aliphatic carboxylic acids is 1. The zero-order valence-corrected chi connectivity index (χ0v) is 10.4. The average Bonchev–Trinajstić information content (AvgIpc) is 2.21. The Labute approximate surface area is 99.8 Å². The van der Waals surface area contributed by atoms with Crippen LogP contribution in [-0.2, 0) is 19.6 Å². The molecule has 1 aliphatic rings. The minimum absolute atomic E-state index is 0.0580. The van der Waals surface area contributed by atoms with Gasteiger partial charge in [0.25, 0.3) is 0 Å². The standard InChI is InChI=1S/C9H16N2O5S/c1-7-9(14)10-4-5-11(7)17(15,16)6-2-3-8(12)13/h7H,2-6H2,1H3,(H,10,14)(H,12,13). The van der Waals surface area contributed by atoms with Gasteiger partial charge in [-0.2, -0.15) is 4.31 Å². The van der Waals surface area contributed by atoms with Crippen molar-refractivity contribution in [1.29, 1.82) is 0 Å². The zero-order valence-electron chi connectivity index (χ0n) is 9.55. The van der Waals surface area contributed by atoms with Crippen LogP contribution in [0.1, 0.15) is 19.8 Å². The van der Waals surface area contributed by atoms with Gasteiger partial charge in [-0.3, -0.25) is 9.59 Å². The highest BCUT2D eigenvalue weighted by atomic mass is 32.2. The Morgan fingerprint density at radius 3 is 2.82 bits per heavy atom. The Hall–Kier alpha value is -1.15. The Morgan fingerprint density at radius 2 is 2.24 bits per heavy atom. The van der Waals surface area contributed by atoms with Crippen LogP contribution in [0.15, 0.2) is 0 Å². The number of piperazine rings is 1. The molecule has 7 nitrogen and oxygen atoms in total. The van der Waals surface area contributed by atoms with E-state index in [0.717, 1.165) is 4.31 Å². The summed E-state index contributed by atoms with van der Waals surface area (Å²) in [5.74, 6) is -1.58. The lowest BCUT2D eigenvalue weighted by molar-refractivity contribution is -0.137. The first-order chi connectivity index (χ1) is 7.84. The van der Waals surface area contributed by atoms with Gasteiger partial charge < -0.3 is 10.4 Å². The molecule has 8 heteroatoms. The molecule has 0 saturated carbocycles. The predicted molar refractivity (Wildman–Crippen MR) is 59.8 cm³/mol. The number of hydrogen-bond donors (Lipinski definition) is 2. The molecular formula is C9H16N2O5S. The van der Waals surface area contributed by atoms with Gasteiger partial charge in [-0.1, -0.05) is 0 Å². The second-order valence-electron chi connectivity index (χ2n) is 3.89. The number of hydrogen-bond acceptors (Lipinski definition) is 4. The fourth-order valence-corrected chi connectivity index (χ4v) is 3.36. The van der Waals surface area contributed by atoms with Crippen LogP contribution in [0, 0.1) is 0 Å². The first-order valence-electron chi connectivity index (χ1n) is 5.33. The number of nitrogens with zero attached hydrogens (tertiary/aromatic N) is 1. The summed E-state index contributed by atoms with van der Waals surface area (Å²) < 4.78 is 24.9. The molecule has 0 spiro atoms. The first-order valence-corrected chi connectivity index (χ1v) is 6.94. The highest BCUT2D eigenvalue weighted by molar-refractivity contribution is 7.89. The van der Waals surface area contributed by atoms with Crippen LogP contribution in [0.5, 0.6) is 0 Å². The number of carboxylic acids is 1. The van der Waals surface area contributed by atoms with E-state index in [1.807, 2.05) is 0 Å². The highest BCUT2D eigenvalue weighted by Gasteiger charge is 2.33. The molecule has 1 fully saturated rings. The van der Waals surface area contributed by atoms with Crippen molar-refractivity contribution in [3.8, 4) is 0 Å². The molecular weight excluding hydrogens is 248 g/mol. The number of amides is 1. The fourth-order valence-electron chi connectivity index (χ4n) is 1.66. The van der Waals surface area contributed by atoms with Gasteiger partial charge in [0.1, 0.15) is 6.04 Å². The van der Waals surface area contributed by atoms with Crippen LogP contribution >= 0.6 is 0 Å². The topological polar surface area (TPSA) is 104 Å². The van der Waals surface area contributed by atoms with Crippen molar-refractivity contribution in [1.82, 2.24) is 9.62 Å². The van der Waals surface area contributed by atoms with E-state index in [9.17, 15) is 18.0 Å². The third-order valence-corrected chi connectivity index (χ3v) is 4.61. The lowest BCUT2D eigenvalue weighted by Gasteiger charge is -2.31. The molecule has 0 aliphatic carbocycles. The third-order valence-electron chi connectivity index (χ3n) is 2.59. The lowest BCUT2D eigenvalue weighted by atomic mass is 10.2. The molecule has 1 unspecified atom stereocenters. The minimum atomic E-state index is -3.55. The fraction of sp³-hybridized carbons (Fsp3) is 0.778. The molecule has 98 valence electrons. The summed E-state index contributed by atoms with van der Waals surface area (Å²) in [6.45, 7) is 2.05. The molecule has 0 aromatic rings. The first kappa shape index (κ1) is 13.9. The molecule has 0 bridgehead atoms. The summed E-state index contributed by atoms with van der Waals surface area (Å²) in [6.07, 6.45) is -0.129. The molecule has 1 amide bonds. The van der Waals surface area contributed by atoms with E-state index < -0.39 is 22.0 Å². The van der Waals surface area contributed by atoms with E-state index in [2.05, 4.69) is 5.32 Å². The maximum absolute atomic E-state index is 11.9. The molecule has 1 aliphatic heterocycles. The second-order valence-corrected chi connectivity index (χ2v) is 5.93. The van der Waals surface area contributed by atoms with E-state index in [1.54, 1.807) is 0 Å². The van der Waals surface area contributed by atoms with Crippen molar-refractivity contribution in [2.75, 3.05) is 18.8 Å². The highest BCUT2D eigenvalue weighted by Crippen LogP contribution is 2.12. The predicted octanol–water partition coefficient (Wildman–Crippen LogP) is -0.999. The maximum Gasteiger partial charge on any atom is 0.303 e. The van der Waals surface area contributed by atoms with Crippen LogP contribution in [0.25, 0.3) is 0 Å². The molecule has 0 radical (unpaired) electrons. The Balaban J connectivity index is 2.62. The van der Waals surface area contributed by atoms with Gasteiger partial charge in [0.05, 0.1) is 5.75 Å². The number of nitrogens with one attached hydrogen (secondary N) is 1. The Morgan fingerprint density at radius 1 is 1.59 bits per heavy atom. The number of rotatable bonds is 5. The van der Waals surface area contributed by atoms with E-state index in [4.69, 9.17) is 5.11 Å². The van der Waals surface area contributed by atoms with Gasteiger partial charge in [-0.05, 0) is 13.3 Å². The van der Waals surface area contributed by atoms with Crippen molar-refractivity contribution < 1.29 is 23.1 Å². The van der Waals surface area contributed by atoms with Crippen molar-refractivity contribution in [2.45, 2.75) is 25.8 Å². The molecule has 1 heterocycles. The van der Waals surface area contributed by atoms with Gasteiger partial charge in [0.15, 0.2) is 0 Å². The number of carboxylic acid groups (broad SMARTS) is 1. The molecule has 1 saturated heterocycles. The van der Waals surface area contributed by atoms with Crippen molar-refractivity contribution in [3.63, 3.8) is 0 Å². The van der Waals surface area contributed by atoms with Crippen molar-refractivity contribution in [2.24, 2.45) is 0 Å². The van der Waals surface area contributed by atoms with Crippen LogP contribution in [-0.4, -0.2) is 54.6 Å². The maximum atomic E-state index is 11.9. The smallest absolute Gasteiger partial charge is 0.303 e. The molecule has 1 atom stereocenters. The largest absolute Gasteiger partial charge is 0.481 e. The lowest BCUT2D eigenvalue weighted by Crippen LogP contribution is -2.56. The van der Waals surface area contributed by atoms with Crippen LogP contribution in [0.3, 0.4) is 0 Å². The Kier molecular flexibility index (Phi) is 4.47. The summed E-state index contributed by atoms with van der Waals surface area (Å²) in [6, 6.07) is -0.724. The summed E-state index contributed by atoms with van der Waals surface area (Å²) in [4.78, 5) is 21.6. The molecule has 17 heavy (non-hydrogen) atoms. The van der Waals surface area contributed by atoms with Crippen LogP contribution in [0.4, 0.5) is 0 Å². The van der Waals surface area contributed by atoms with E-state index in [1.165, 1.54) is 6.92 Å². The van der Waals surface area contributed by atoms with Gasteiger partial charge >= 0.3 is 5.97 Å². The number of carbonyl (C=O) groups excluding carboxylic acids is 1. The molecule has 0 aromatic carbocycles. The van der Waals surface area contributed by atoms with E-state index in [-0.39, 0.29) is 31.0 Å². The molecule has 0 aromatic heterocycles. The van der Waals surface area contributed by atoms with Gasteiger partial charge in [-0.25, -0.2) is 8.42 Å². The third kappa shape index (κ3) is 3.67. The monoisotopic (exact) mass is 264 g/mol. The van der Waals surface area contributed by atoms with Crippen molar-refractivity contribution >= 4 is 21.9 Å². The minimum Gasteiger partial charge on any atom is -0.481 e. The summed E-state index contributed by atoms with van der Waals surface area (Å²) in [7, 11) is -3.55. The quantitative estimate of drug-likeness (QED) is 0.663. The summed E-state index contributed by atoms with van der Waals surface area (Å²) in [5.41, 5.74) is 0. The van der Waals surface area contributed by atoms with Crippen molar-refractivity contribution in [3.05, 3.63) is 0 Å². The Bertz CT molecular complexity index is 406. The average molecular weight is 264 g/mol. The summed E-state index contributed by atoms with van der Waals surface area (Å²) in [5, 5.41) is 11.0. The molecule has 1 rings (SSSR count). The normalized spacial score (nSPS) is 22.2. The van der Waals surface area contributed by atoms with Gasteiger partial charge in [-0.15, -0.1) is 0 Å². The SMILES string of the molecule is CC1C(=O)NCCN1S(=O)(=O)CCCC(=O)O. The van der Waals surface area contributed by atoms with Gasteiger partial charge in [0.2, 0.25) is 15.9 Å². The van der Waals surface area contributed by atoms with E-state index in [0.29, 0.717) is 6.54 Å².